The molecule has 1 heterocycles. The molecule has 1 amide bonds. The van der Waals surface area contributed by atoms with E-state index in [1.165, 1.54) is 26.0 Å². The van der Waals surface area contributed by atoms with Gasteiger partial charge in [0.15, 0.2) is 6.10 Å². The van der Waals surface area contributed by atoms with Gasteiger partial charge in [-0.3, -0.25) is 4.79 Å². The Morgan fingerprint density at radius 1 is 1.39 bits per heavy atom. The number of aromatic nitrogens is 1. The van der Waals surface area contributed by atoms with Crippen molar-refractivity contribution in [2.24, 2.45) is 0 Å². The van der Waals surface area contributed by atoms with E-state index < -0.39 is 23.8 Å². The number of nitrogens with two attached hydrogens (primary N) is 1. The summed E-state index contributed by atoms with van der Waals surface area (Å²) in [5, 5.41) is 6.00. The topological polar surface area (TPSA) is 107 Å². The number of hydrogen-bond acceptors (Lipinski definition) is 6. The number of anilines is 2. The highest BCUT2D eigenvalue weighted by atomic mass is 19.1. The van der Waals surface area contributed by atoms with Crippen LogP contribution in [0.4, 0.5) is 16.0 Å². The number of halogens is 1. The van der Waals surface area contributed by atoms with E-state index in [0.717, 1.165) is 0 Å². The first-order valence-corrected chi connectivity index (χ1v) is 6.79. The average molecular weight is 321 g/mol. The lowest BCUT2D eigenvalue weighted by Crippen LogP contribution is -2.30. The summed E-state index contributed by atoms with van der Waals surface area (Å²) >= 11 is 0. The SMILES string of the molecule is Cc1ccc(NC(=O)C(C)OC(=O)c2c(C)noc2N)cc1F. The monoisotopic (exact) mass is 321 g/mol. The molecule has 2 aromatic rings. The first-order chi connectivity index (χ1) is 10.8. The zero-order valence-electron chi connectivity index (χ0n) is 12.8. The van der Waals surface area contributed by atoms with E-state index in [1.807, 2.05) is 0 Å². The molecule has 0 aliphatic carbocycles. The van der Waals surface area contributed by atoms with Crippen LogP contribution >= 0.6 is 0 Å². The Labute approximate surface area is 131 Å². The highest BCUT2D eigenvalue weighted by Gasteiger charge is 2.25. The van der Waals surface area contributed by atoms with Crippen molar-refractivity contribution in [1.82, 2.24) is 5.16 Å². The molecule has 1 aromatic carbocycles. The average Bonchev–Trinajstić information content (AvgIpc) is 2.82. The summed E-state index contributed by atoms with van der Waals surface area (Å²) in [4.78, 5) is 24.0. The highest BCUT2D eigenvalue weighted by molar-refractivity contribution is 5.99. The van der Waals surface area contributed by atoms with Gasteiger partial charge in [0.05, 0.1) is 5.69 Å². The van der Waals surface area contributed by atoms with Crippen molar-refractivity contribution in [2.45, 2.75) is 26.9 Å². The van der Waals surface area contributed by atoms with Gasteiger partial charge in [0, 0.05) is 5.69 Å². The van der Waals surface area contributed by atoms with Crippen molar-refractivity contribution in [3.8, 4) is 0 Å². The zero-order valence-corrected chi connectivity index (χ0v) is 12.8. The molecular formula is C15H16FN3O4. The van der Waals surface area contributed by atoms with Gasteiger partial charge < -0.3 is 20.3 Å². The van der Waals surface area contributed by atoms with E-state index in [-0.39, 0.29) is 22.8 Å². The maximum atomic E-state index is 13.4. The van der Waals surface area contributed by atoms with Crippen LogP contribution in [0.5, 0.6) is 0 Å². The molecule has 122 valence electrons. The largest absolute Gasteiger partial charge is 0.449 e. The van der Waals surface area contributed by atoms with Gasteiger partial charge in [0.2, 0.25) is 5.88 Å². The van der Waals surface area contributed by atoms with Gasteiger partial charge in [-0.2, -0.15) is 0 Å². The maximum Gasteiger partial charge on any atom is 0.346 e. The molecule has 3 N–H and O–H groups in total. The van der Waals surface area contributed by atoms with Crippen molar-refractivity contribution in [3.63, 3.8) is 0 Å². The second-order valence-corrected chi connectivity index (χ2v) is 5.01. The van der Waals surface area contributed by atoms with E-state index >= 15 is 0 Å². The van der Waals surface area contributed by atoms with Crippen molar-refractivity contribution in [2.75, 3.05) is 11.1 Å². The Kier molecular flexibility index (Phi) is 4.63. The Morgan fingerprint density at radius 2 is 2.09 bits per heavy atom. The summed E-state index contributed by atoms with van der Waals surface area (Å²) in [7, 11) is 0. The molecule has 0 spiro atoms. The molecule has 0 aliphatic heterocycles. The summed E-state index contributed by atoms with van der Waals surface area (Å²) < 4.78 is 23.1. The fourth-order valence-electron chi connectivity index (χ4n) is 1.82. The molecule has 1 atom stereocenters. The number of nitrogens with zero attached hydrogens (tertiary/aromatic N) is 1. The number of carbonyl (C=O) groups excluding carboxylic acids is 2. The minimum Gasteiger partial charge on any atom is -0.449 e. The van der Waals surface area contributed by atoms with Crippen LogP contribution in [-0.2, 0) is 9.53 Å². The second-order valence-electron chi connectivity index (χ2n) is 5.01. The quantitative estimate of drug-likeness (QED) is 0.836. The molecule has 7 nitrogen and oxygen atoms in total. The summed E-state index contributed by atoms with van der Waals surface area (Å²) in [5.41, 5.74) is 6.44. The second kappa shape index (κ2) is 6.47. The van der Waals surface area contributed by atoms with Crippen LogP contribution < -0.4 is 11.1 Å². The molecule has 0 fully saturated rings. The van der Waals surface area contributed by atoms with E-state index in [2.05, 4.69) is 15.0 Å². The van der Waals surface area contributed by atoms with Gasteiger partial charge in [0.1, 0.15) is 11.4 Å². The minimum atomic E-state index is -1.11. The summed E-state index contributed by atoms with van der Waals surface area (Å²) in [6.45, 7) is 4.52. The first kappa shape index (κ1) is 16.5. The Balaban J connectivity index is 2.02. The Bertz CT molecular complexity index is 738. The number of benzene rings is 1. The summed E-state index contributed by atoms with van der Waals surface area (Å²) in [6.07, 6.45) is -1.11. The third kappa shape index (κ3) is 3.65. The van der Waals surface area contributed by atoms with Gasteiger partial charge in [-0.1, -0.05) is 11.2 Å². The van der Waals surface area contributed by atoms with Crippen molar-refractivity contribution < 1.29 is 23.2 Å². The van der Waals surface area contributed by atoms with Crippen LogP contribution in [0.2, 0.25) is 0 Å². The number of rotatable bonds is 4. The van der Waals surface area contributed by atoms with Crippen LogP contribution in [0.15, 0.2) is 22.7 Å². The third-order valence-electron chi connectivity index (χ3n) is 3.19. The molecule has 0 bridgehead atoms. The predicted octanol–water partition coefficient (Wildman–Crippen LogP) is 2.20. The normalized spacial score (nSPS) is 11.8. The van der Waals surface area contributed by atoms with Crippen LogP contribution in [0.1, 0.15) is 28.5 Å². The number of aryl methyl sites for hydroxylation is 2. The summed E-state index contributed by atoms with van der Waals surface area (Å²) in [6, 6.07) is 4.26. The minimum absolute atomic E-state index is 0.0222. The van der Waals surface area contributed by atoms with E-state index in [4.69, 9.17) is 10.5 Å². The molecule has 0 aliphatic rings. The van der Waals surface area contributed by atoms with Gasteiger partial charge in [-0.15, -0.1) is 0 Å². The molecule has 2 rings (SSSR count). The lowest BCUT2D eigenvalue weighted by molar-refractivity contribution is -0.123. The van der Waals surface area contributed by atoms with E-state index in [0.29, 0.717) is 5.56 Å². The van der Waals surface area contributed by atoms with Crippen LogP contribution in [-0.4, -0.2) is 23.1 Å². The molecular weight excluding hydrogens is 305 g/mol. The summed E-state index contributed by atoms with van der Waals surface area (Å²) in [5.74, 6) is -2.05. The Morgan fingerprint density at radius 3 is 2.65 bits per heavy atom. The lowest BCUT2D eigenvalue weighted by atomic mass is 10.2. The fraction of sp³-hybridized carbons (Fsp3) is 0.267. The number of nitrogens with one attached hydrogen (secondary N) is 1. The van der Waals surface area contributed by atoms with Gasteiger partial charge in [-0.25, -0.2) is 9.18 Å². The van der Waals surface area contributed by atoms with Crippen molar-refractivity contribution in [3.05, 3.63) is 40.8 Å². The third-order valence-corrected chi connectivity index (χ3v) is 3.19. The predicted molar refractivity (Wildman–Crippen MR) is 80.3 cm³/mol. The van der Waals surface area contributed by atoms with Gasteiger partial charge in [-0.05, 0) is 38.5 Å². The van der Waals surface area contributed by atoms with Gasteiger partial charge in [0.25, 0.3) is 5.91 Å². The van der Waals surface area contributed by atoms with Gasteiger partial charge >= 0.3 is 5.97 Å². The number of amides is 1. The Hall–Kier alpha value is -2.90. The van der Waals surface area contributed by atoms with Crippen molar-refractivity contribution in [1.29, 1.82) is 0 Å². The van der Waals surface area contributed by atoms with Crippen LogP contribution in [0, 0.1) is 19.7 Å². The molecule has 1 unspecified atom stereocenters. The molecule has 0 saturated carbocycles. The van der Waals surface area contributed by atoms with E-state index in [9.17, 15) is 14.0 Å². The number of hydrogen-bond donors (Lipinski definition) is 2. The van der Waals surface area contributed by atoms with Crippen LogP contribution in [0.25, 0.3) is 0 Å². The highest BCUT2D eigenvalue weighted by Crippen LogP contribution is 2.18. The molecule has 0 radical (unpaired) electrons. The van der Waals surface area contributed by atoms with Crippen molar-refractivity contribution >= 4 is 23.4 Å². The molecule has 0 saturated heterocycles. The first-order valence-electron chi connectivity index (χ1n) is 6.79. The molecule has 23 heavy (non-hydrogen) atoms. The number of esters is 1. The van der Waals surface area contributed by atoms with Crippen LogP contribution in [0.3, 0.4) is 0 Å². The number of nitrogen functional groups attached to an aromatic ring is 1. The fourth-order valence-corrected chi connectivity index (χ4v) is 1.82. The molecule has 8 heteroatoms. The maximum absolute atomic E-state index is 13.4. The smallest absolute Gasteiger partial charge is 0.346 e. The number of carbonyl (C=O) groups is 2. The molecule has 1 aromatic heterocycles. The zero-order chi connectivity index (χ0) is 17.1. The standard InChI is InChI=1S/C15H16FN3O4/c1-7-4-5-10(6-11(7)16)18-14(20)9(3)22-15(21)12-8(2)19-23-13(12)17/h4-6,9H,17H2,1-3H3,(H,18,20). The number of ether oxygens (including phenoxy) is 1. The lowest BCUT2D eigenvalue weighted by Gasteiger charge is -2.13. The van der Waals surface area contributed by atoms with E-state index in [1.54, 1.807) is 13.0 Å².